The van der Waals surface area contributed by atoms with Crippen molar-refractivity contribution in [1.29, 1.82) is 0 Å². The van der Waals surface area contributed by atoms with Crippen LogP contribution in [0.1, 0.15) is 13.8 Å². The lowest BCUT2D eigenvalue weighted by Crippen LogP contribution is -2.45. The summed E-state index contributed by atoms with van der Waals surface area (Å²) in [6.07, 6.45) is 0.242. The molecule has 0 aliphatic carbocycles. The van der Waals surface area contributed by atoms with Gasteiger partial charge >= 0.3 is 0 Å². The molecular formula is C21H20N2O3S. The summed E-state index contributed by atoms with van der Waals surface area (Å²) in [7, 11) is 0. The fourth-order valence-electron chi connectivity index (χ4n) is 3.07. The predicted molar refractivity (Wildman–Crippen MR) is 106 cm³/mol. The second-order valence-electron chi connectivity index (χ2n) is 6.97. The molecule has 1 aromatic heterocycles. The smallest absolute Gasteiger partial charge is 0.189 e. The van der Waals surface area contributed by atoms with Crippen molar-refractivity contribution in [1.82, 2.24) is 4.98 Å². The van der Waals surface area contributed by atoms with Gasteiger partial charge in [0.25, 0.3) is 0 Å². The van der Waals surface area contributed by atoms with E-state index in [1.807, 2.05) is 78.7 Å². The minimum atomic E-state index is -0.583. The van der Waals surface area contributed by atoms with E-state index >= 15 is 0 Å². The number of hydrogen-bond donors (Lipinski definition) is 0. The van der Waals surface area contributed by atoms with Crippen LogP contribution in [-0.2, 0) is 9.53 Å². The SMILES string of the molecule is CC1(C)COC(C=O)N1c1nc(-c2ccc(Oc3ccccc3)cc2)cs1. The van der Waals surface area contributed by atoms with Crippen LogP contribution < -0.4 is 9.64 Å². The molecule has 1 saturated heterocycles. The van der Waals surface area contributed by atoms with Crippen molar-refractivity contribution in [2.75, 3.05) is 11.5 Å². The van der Waals surface area contributed by atoms with Crippen LogP contribution in [0.15, 0.2) is 60.0 Å². The molecule has 1 aliphatic rings. The summed E-state index contributed by atoms with van der Waals surface area (Å²) in [5.74, 6) is 1.58. The number of nitrogens with zero attached hydrogens (tertiary/aromatic N) is 2. The van der Waals surface area contributed by atoms with Crippen LogP contribution >= 0.6 is 11.3 Å². The van der Waals surface area contributed by atoms with Gasteiger partial charge in [0.15, 0.2) is 17.6 Å². The Kier molecular flexibility index (Phi) is 4.68. The summed E-state index contributed by atoms with van der Waals surface area (Å²) in [5.41, 5.74) is 1.60. The predicted octanol–water partition coefficient (Wildman–Crippen LogP) is 4.74. The maximum Gasteiger partial charge on any atom is 0.189 e. The zero-order valence-electron chi connectivity index (χ0n) is 15.2. The van der Waals surface area contributed by atoms with Crippen molar-refractivity contribution >= 4 is 22.8 Å². The highest BCUT2D eigenvalue weighted by Gasteiger charge is 2.42. The molecule has 138 valence electrons. The molecule has 0 N–H and O–H groups in total. The number of thiazole rings is 1. The Morgan fingerprint density at radius 2 is 1.85 bits per heavy atom. The molecule has 5 nitrogen and oxygen atoms in total. The van der Waals surface area contributed by atoms with E-state index in [0.29, 0.717) is 6.61 Å². The average molecular weight is 380 g/mol. The molecular weight excluding hydrogens is 360 g/mol. The van der Waals surface area contributed by atoms with Crippen molar-refractivity contribution in [3.05, 3.63) is 60.0 Å². The van der Waals surface area contributed by atoms with Gasteiger partial charge in [-0.05, 0) is 50.2 Å². The van der Waals surface area contributed by atoms with E-state index in [1.165, 1.54) is 11.3 Å². The van der Waals surface area contributed by atoms with Gasteiger partial charge in [-0.1, -0.05) is 18.2 Å². The maximum absolute atomic E-state index is 11.3. The van der Waals surface area contributed by atoms with Crippen molar-refractivity contribution in [3.63, 3.8) is 0 Å². The molecule has 4 rings (SSSR count). The van der Waals surface area contributed by atoms with Crippen molar-refractivity contribution in [3.8, 4) is 22.8 Å². The highest BCUT2D eigenvalue weighted by atomic mass is 32.1. The monoisotopic (exact) mass is 380 g/mol. The lowest BCUT2D eigenvalue weighted by Gasteiger charge is -2.30. The summed E-state index contributed by atoms with van der Waals surface area (Å²) in [4.78, 5) is 18.0. The summed E-state index contributed by atoms with van der Waals surface area (Å²) in [6.45, 7) is 4.59. The molecule has 2 aromatic carbocycles. The summed E-state index contributed by atoms with van der Waals surface area (Å²) in [5, 5.41) is 2.78. The Labute approximate surface area is 162 Å². The zero-order valence-corrected chi connectivity index (χ0v) is 16.0. The standard InChI is InChI=1S/C21H20N2O3S/c1-21(2)14-25-19(12-24)23(21)20-22-18(13-27-20)15-8-10-17(11-9-15)26-16-6-4-3-5-7-16/h3-13,19H,14H2,1-2H3. The normalized spacial score (nSPS) is 18.4. The van der Waals surface area contributed by atoms with Gasteiger partial charge in [-0.25, -0.2) is 4.98 Å². The van der Waals surface area contributed by atoms with Crippen molar-refractivity contribution in [2.45, 2.75) is 25.6 Å². The van der Waals surface area contributed by atoms with E-state index in [9.17, 15) is 4.79 Å². The first kappa shape index (κ1) is 17.7. The Bertz CT molecular complexity index is 922. The number of rotatable bonds is 5. The number of benzene rings is 2. The molecule has 1 fully saturated rings. The van der Waals surface area contributed by atoms with Gasteiger partial charge in [0.05, 0.1) is 17.8 Å². The van der Waals surface area contributed by atoms with E-state index in [2.05, 4.69) is 0 Å². The number of para-hydroxylation sites is 1. The van der Waals surface area contributed by atoms with Gasteiger partial charge in [0, 0.05) is 10.9 Å². The molecule has 3 aromatic rings. The molecule has 0 saturated carbocycles. The molecule has 27 heavy (non-hydrogen) atoms. The van der Waals surface area contributed by atoms with Crippen LogP contribution in [0.25, 0.3) is 11.3 Å². The van der Waals surface area contributed by atoms with E-state index in [0.717, 1.165) is 34.2 Å². The van der Waals surface area contributed by atoms with Gasteiger partial charge in [0.1, 0.15) is 11.5 Å². The van der Waals surface area contributed by atoms with E-state index < -0.39 is 6.23 Å². The molecule has 0 bridgehead atoms. The highest BCUT2D eigenvalue weighted by Crippen LogP contribution is 2.36. The Balaban J connectivity index is 1.54. The van der Waals surface area contributed by atoms with Crippen LogP contribution in [0.2, 0.25) is 0 Å². The molecule has 1 atom stereocenters. The van der Waals surface area contributed by atoms with Crippen molar-refractivity contribution < 1.29 is 14.3 Å². The number of carbonyl (C=O) groups excluding carboxylic acids is 1. The molecule has 0 amide bonds. The molecule has 6 heteroatoms. The van der Waals surface area contributed by atoms with Crippen LogP contribution in [-0.4, -0.2) is 29.6 Å². The Hall–Kier alpha value is -2.70. The lowest BCUT2D eigenvalue weighted by atomic mass is 10.1. The number of hydrogen-bond acceptors (Lipinski definition) is 6. The molecule has 1 unspecified atom stereocenters. The second-order valence-corrected chi connectivity index (χ2v) is 7.81. The Morgan fingerprint density at radius 3 is 2.56 bits per heavy atom. The fourth-order valence-corrected chi connectivity index (χ4v) is 4.09. The minimum absolute atomic E-state index is 0.270. The fraction of sp³-hybridized carbons (Fsp3) is 0.238. The summed E-state index contributed by atoms with van der Waals surface area (Å²) < 4.78 is 11.4. The van der Waals surface area contributed by atoms with Gasteiger partial charge in [-0.15, -0.1) is 11.3 Å². The van der Waals surface area contributed by atoms with Crippen molar-refractivity contribution in [2.24, 2.45) is 0 Å². The van der Waals surface area contributed by atoms with E-state index in [1.54, 1.807) is 0 Å². The average Bonchev–Trinajstić information content (AvgIpc) is 3.26. The third-order valence-corrected chi connectivity index (χ3v) is 5.30. The minimum Gasteiger partial charge on any atom is -0.457 e. The first-order valence-electron chi connectivity index (χ1n) is 8.72. The number of anilines is 1. The molecule has 2 heterocycles. The first-order valence-corrected chi connectivity index (χ1v) is 9.60. The van der Waals surface area contributed by atoms with E-state index in [4.69, 9.17) is 14.5 Å². The number of aromatic nitrogens is 1. The van der Waals surface area contributed by atoms with Crippen LogP contribution in [0.5, 0.6) is 11.5 Å². The maximum atomic E-state index is 11.3. The highest BCUT2D eigenvalue weighted by molar-refractivity contribution is 7.14. The zero-order chi connectivity index (χ0) is 18.9. The second kappa shape index (κ2) is 7.13. The van der Waals surface area contributed by atoms with Crippen LogP contribution in [0.3, 0.4) is 0 Å². The van der Waals surface area contributed by atoms with E-state index in [-0.39, 0.29) is 5.54 Å². The topological polar surface area (TPSA) is 51.7 Å². The molecule has 1 aliphatic heterocycles. The quantitative estimate of drug-likeness (QED) is 0.598. The number of carbonyl (C=O) groups is 1. The summed E-state index contributed by atoms with van der Waals surface area (Å²) in [6, 6.07) is 17.5. The summed E-state index contributed by atoms with van der Waals surface area (Å²) >= 11 is 1.51. The van der Waals surface area contributed by atoms with Gasteiger partial charge in [-0.2, -0.15) is 0 Å². The number of aldehydes is 1. The van der Waals surface area contributed by atoms with Crippen LogP contribution in [0, 0.1) is 0 Å². The number of ether oxygens (including phenoxy) is 2. The van der Waals surface area contributed by atoms with Gasteiger partial charge < -0.3 is 14.4 Å². The molecule has 0 spiro atoms. The largest absolute Gasteiger partial charge is 0.457 e. The Morgan fingerprint density at radius 1 is 1.15 bits per heavy atom. The third-order valence-electron chi connectivity index (χ3n) is 4.46. The molecule has 0 radical (unpaired) electrons. The van der Waals surface area contributed by atoms with Gasteiger partial charge in [-0.3, -0.25) is 4.79 Å². The lowest BCUT2D eigenvalue weighted by molar-refractivity contribution is -0.115. The van der Waals surface area contributed by atoms with Crippen LogP contribution in [0.4, 0.5) is 5.13 Å². The van der Waals surface area contributed by atoms with Gasteiger partial charge in [0.2, 0.25) is 0 Å². The first-order chi connectivity index (χ1) is 13.1. The third kappa shape index (κ3) is 3.59.